The van der Waals surface area contributed by atoms with Gasteiger partial charge in [-0.3, -0.25) is 0 Å². The van der Waals surface area contributed by atoms with E-state index in [0.717, 1.165) is 0 Å². The first kappa shape index (κ1) is 12.4. The summed E-state index contributed by atoms with van der Waals surface area (Å²) in [6.45, 7) is 0. The zero-order valence-electron chi connectivity index (χ0n) is 4.95. The summed E-state index contributed by atoms with van der Waals surface area (Å²) in [5.41, 5.74) is 0. The SMILES string of the molecule is Oc1cccc(O)c1.[Co].[S]. The zero-order valence-corrected chi connectivity index (χ0v) is 6.80. The van der Waals surface area contributed by atoms with Gasteiger partial charge in [0.25, 0.3) is 0 Å². The van der Waals surface area contributed by atoms with E-state index in [0.29, 0.717) is 0 Å². The molecule has 0 atom stereocenters. The predicted molar refractivity (Wildman–Crippen MR) is 37.4 cm³/mol. The molecule has 0 amide bonds. The van der Waals surface area contributed by atoms with Gasteiger partial charge >= 0.3 is 0 Å². The molecule has 0 bridgehead atoms. The molecule has 0 aliphatic carbocycles. The van der Waals surface area contributed by atoms with Crippen LogP contribution >= 0.6 is 13.5 Å². The average Bonchev–Trinajstić information content (AvgIpc) is 1.64. The monoisotopic (exact) mass is 201 g/mol. The smallest absolute Gasteiger partial charge is 0.119 e. The van der Waals surface area contributed by atoms with Gasteiger partial charge in [0.2, 0.25) is 0 Å². The number of phenolic OH excluding ortho intramolecular Hbond substituents is 2. The summed E-state index contributed by atoms with van der Waals surface area (Å²) in [6.07, 6.45) is 0. The first-order valence-corrected chi connectivity index (χ1v) is 2.27. The second-order valence-electron chi connectivity index (χ2n) is 1.52. The topological polar surface area (TPSA) is 40.5 Å². The van der Waals surface area contributed by atoms with Crippen molar-refractivity contribution in [1.82, 2.24) is 0 Å². The van der Waals surface area contributed by atoms with Crippen molar-refractivity contribution in [3.8, 4) is 11.5 Å². The molecule has 0 aliphatic heterocycles. The maximum Gasteiger partial charge on any atom is 0.119 e. The quantitative estimate of drug-likeness (QED) is 0.671. The maximum atomic E-state index is 8.65. The van der Waals surface area contributed by atoms with Gasteiger partial charge in [-0.05, 0) is 12.1 Å². The Morgan fingerprint density at radius 2 is 1.40 bits per heavy atom. The van der Waals surface area contributed by atoms with Crippen molar-refractivity contribution in [3.05, 3.63) is 24.3 Å². The Kier molecular flexibility index (Phi) is 6.75. The van der Waals surface area contributed by atoms with Crippen LogP contribution in [0.15, 0.2) is 24.3 Å². The second kappa shape index (κ2) is 5.46. The fraction of sp³-hybridized carbons (Fsp3) is 0. The summed E-state index contributed by atoms with van der Waals surface area (Å²) >= 11 is 0. The van der Waals surface area contributed by atoms with Crippen LogP contribution in [0, 0.1) is 0 Å². The van der Waals surface area contributed by atoms with Crippen molar-refractivity contribution in [2.45, 2.75) is 0 Å². The van der Waals surface area contributed by atoms with Crippen molar-refractivity contribution in [1.29, 1.82) is 0 Å². The molecule has 10 heavy (non-hydrogen) atoms. The Balaban J connectivity index is 0. The van der Waals surface area contributed by atoms with Crippen LogP contribution in [0.4, 0.5) is 0 Å². The Morgan fingerprint density at radius 3 is 1.60 bits per heavy atom. The van der Waals surface area contributed by atoms with Crippen LogP contribution in [0.25, 0.3) is 0 Å². The van der Waals surface area contributed by atoms with E-state index in [9.17, 15) is 0 Å². The van der Waals surface area contributed by atoms with Gasteiger partial charge in [-0.2, -0.15) is 0 Å². The van der Waals surface area contributed by atoms with Crippen molar-refractivity contribution < 1.29 is 27.0 Å². The summed E-state index contributed by atoms with van der Waals surface area (Å²) in [7, 11) is 0. The van der Waals surface area contributed by atoms with E-state index in [1.165, 1.54) is 18.2 Å². The first-order chi connectivity index (χ1) is 3.79. The molecule has 1 aromatic carbocycles. The third-order valence-corrected chi connectivity index (χ3v) is 0.830. The third-order valence-electron chi connectivity index (χ3n) is 0.830. The van der Waals surface area contributed by atoms with Crippen LogP contribution in [0.2, 0.25) is 0 Å². The van der Waals surface area contributed by atoms with Crippen molar-refractivity contribution in [2.24, 2.45) is 0 Å². The average molecular weight is 201 g/mol. The van der Waals surface area contributed by atoms with Crippen LogP contribution in [-0.2, 0) is 16.8 Å². The Hall–Kier alpha value is -0.324. The van der Waals surface area contributed by atoms with Gasteiger partial charge in [0.05, 0.1) is 0 Å². The molecule has 1 rings (SSSR count). The molecule has 2 N–H and O–H groups in total. The zero-order chi connectivity index (χ0) is 5.98. The normalized spacial score (nSPS) is 7.20. The van der Waals surface area contributed by atoms with Gasteiger partial charge in [0.15, 0.2) is 0 Å². The van der Waals surface area contributed by atoms with E-state index in [2.05, 4.69) is 0 Å². The molecule has 4 heteroatoms. The van der Waals surface area contributed by atoms with E-state index >= 15 is 0 Å². The molecule has 0 aliphatic rings. The Bertz CT molecular complexity index is 176. The molecule has 0 fully saturated rings. The minimum Gasteiger partial charge on any atom is -0.508 e. The van der Waals surface area contributed by atoms with E-state index in [1.54, 1.807) is 6.07 Å². The number of hydrogen-bond acceptors (Lipinski definition) is 2. The molecule has 0 spiro atoms. The van der Waals surface area contributed by atoms with Crippen LogP contribution in [0.5, 0.6) is 11.5 Å². The number of hydrogen-bond donors (Lipinski definition) is 2. The molecule has 2 nitrogen and oxygen atoms in total. The van der Waals surface area contributed by atoms with Gasteiger partial charge in [-0.1, -0.05) is 6.07 Å². The largest absolute Gasteiger partial charge is 0.508 e. The number of aromatic hydroxyl groups is 2. The Labute approximate surface area is 76.5 Å². The van der Waals surface area contributed by atoms with Gasteiger partial charge in [-0.15, -0.1) is 0 Å². The molecule has 0 saturated carbocycles. The molecule has 0 unspecified atom stereocenters. The number of phenols is 2. The number of benzene rings is 1. The fourth-order valence-corrected chi connectivity index (χ4v) is 0.493. The second-order valence-corrected chi connectivity index (χ2v) is 1.52. The van der Waals surface area contributed by atoms with Gasteiger partial charge in [0.1, 0.15) is 11.5 Å². The van der Waals surface area contributed by atoms with Crippen LogP contribution < -0.4 is 0 Å². The van der Waals surface area contributed by atoms with Gasteiger partial charge in [0, 0.05) is 36.3 Å². The molecule has 57 valence electrons. The fourth-order valence-electron chi connectivity index (χ4n) is 0.493. The van der Waals surface area contributed by atoms with Crippen molar-refractivity contribution in [3.63, 3.8) is 0 Å². The standard InChI is InChI=1S/C6H6O2.Co.S/c7-5-2-1-3-6(8)4-5;;/h1-4,7-8H;;. The predicted octanol–water partition coefficient (Wildman–Crippen LogP) is 1.74. The molecular weight excluding hydrogens is 195 g/mol. The summed E-state index contributed by atoms with van der Waals surface area (Å²) in [5, 5.41) is 17.3. The molecule has 0 aromatic heterocycles. The van der Waals surface area contributed by atoms with Crippen LogP contribution in [-0.4, -0.2) is 10.2 Å². The van der Waals surface area contributed by atoms with E-state index in [-0.39, 0.29) is 41.8 Å². The summed E-state index contributed by atoms with van der Waals surface area (Å²) in [4.78, 5) is 0. The Morgan fingerprint density at radius 1 is 1.00 bits per heavy atom. The molecule has 3 radical (unpaired) electrons. The number of rotatable bonds is 0. The van der Waals surface area contributed by atoms with Crippen molar-refractivity contribution in [2.75, 3.05) is 0 Å². The summed E-state index contributed by atoms with van der Waals surface area (Å²) in [5.74, 6) is 0.176. The molecule has 1 aromatic rings. The molecular formula is C6H6CoO2S. The first-order valence-electron chi connectivity index (χ1n) is 2.27. The van der Waals surface area contributed by atoms with Gasteiger partial charge in [-0.25, -0.2) is 0 Å². The van der Waals surface area contributed by atoms with E-state index < -0.39 is 0 Å². The van der Waals surface area contributed by atoms with Crippen molar-refractivity contribution >= 4 is 13.5 Å². The third kappa shape index (κ3) is 3.65. The minimum atomic E-state index is 0. The maximum absolute atomic E-state index is 8.65. The summed E-state index contributed by atoms with van der Waals surface area (Å²) < 4.78 is 0. The van der Waals surface area contributed by atoms with Crippen LogP contribution in [0.1, 0.15) is 0 Å². The molecule has 0 heterocycles. The van der Waals surface area contributed by atoms with Gasteiger partial charge < -0.3 is 10.2 Å². The van der Waals surface area contributed by atoms with E-state index in [4.69, 9.17) is 10.2 Å². The summed E-state index contributed by atoms with van der Waals surface area (Å²) in [6, 6.07) is 5.85. The van der Waals surface area contributed by atoms with Crippen LogP contribution in [0.3, 0.4) is 0 Å². The molecule has 0 saturated heterocycles. The minimum absolute atomic E-state index is 0. The van der Waals surface area contributed by atoms with E-state index in [1.807, 2.05) is 0 Å².